The van der Waals surface area contributed by atoms with Gasteiger partial charge in [0.1, 0.15) is 6.04 Å². The van der Waals surface area contributed by atoms with Gasteiger partial charge < -0.3 is 19.4 Å². The molecule has 162 valence electrons. The van der Waals surface area contributed by atoms with E-state index in [9.17, 15) is 14.4 Å². The van der Waals surface area contributed by atoms with Crippen LogP contribution in [0.15, 0.2) is 28.7 Å². The number of carbonyl (C=O) groups excluding carboxylic acids is 3. The van der Waals surface area contributed by atoms with Crippen LogP contribution in [0.3, 0.4) is 0 Å². The Kier molecular flexibility index (Phi) is 6.73. The minimum absolute atomic E-state index is 0.0174. The first-order valence-corrected chi connectivity index (χ1v) is 11.6. The van der Waals surface area contributed by atoms with Crippen LogP contribution in [0.1, 0.15) is 36.0 Å². The summed E-state index contributed by atoms with van der Waals surface area (Å²) in [5, 5.41) is 0. The molecular weight excluding hydrogens is 450 g/mol. The SMILES string of the molecule is O=C(C1CCN(C(=O)C2CCCN2C(=O)c2ccc(Br)cc2)CC1)N1CCOCC1. The van der Waals surface area contributed by atoms with Gasteiger partial charge >= 0.3 is 0 Å². The second kappa shape index (κ2) is 9.47. The van der Waals surface area contributed by atoms with Gasteiger partial charge in [-0.1, -0.05) is 15.9 Å². The second-order valence-corrected chi connectivity index (χ2v) is 9.12. The highest BCUT2D eigenvalue weighted by Gasteiger charge is 2.39. The molecule has 0 bridgehead atoms. The summed E-state index contributed by atoms with van der Waals surface area (Å²) in [6.45, 7) is 4.30. The Morgan fingerprint density at radius 1 is 0.833 bits per heavy atom. The zero-order valence-corrected chi connectivity index (χ0v) is 18.7. The van der Waals surface area contributed by atoms with Crippen molar-refractivity contribution in [2.24, 2.45) is 5.92 Å². The van der Waals surface area contributed by atoms with Crippen molar-refractivity contribution in [2.45, 2.75) is 31.7 Å². The number of benzene rings is 1. The van der Waals surface area contributed by atoms with Gasteiger partial charge in [0.2, 0.25) is 11.8 Å². The highest BCUT2D eigenvalue weighted by Crippen LogP contribution is 2.26. The van der Waals surface area contributed by atoms with E-state index in [0.29, 0.717) is 70.8 Å². The summed E-state index contributed by atoms with van der Waals surface area (Å²) in [5.74, 6) is 0.112. The Labute approximate surface area is 185 Å². The molecule has 1 aromatic rings. The van der Waals surface area contributed by atoms with Crippen LogP contribution in [-0.2, 0) is 14.3 Å². The maximum absolute atomic E-state index is 13.2. The Bertz CT molecular complexity index is 786. The number of hydrogen-bond donors (Lipinski definition) is 0. The van der Waals surface area contributed by atoms with Gasteiger partial charge in [-0.05, 0) is 49.9 Å². The van der Waals surface area contributed by atoms with Crippen LogP contribution in [0.2, 0.25) is 0 Å². The number of halogens is 1. The molecule has 3 saturated heterocycles. The van der Waals surface area contributed by atoms with E-state index in [0.717, 1.165) is 10.9 Å². The fraction of sp³-hybridized carbons (Fsp3) is 0.591. The molecule has 7 nitrogen and oxygen atoms in total. The molecule has 3 fully saturated rings. The fourth-order valence-corrected chi connectivity index (χ4v) is 4.89. The van der Waals surface area contributed by atoms with E-state index in [-0.39, 0.29) is 23.6 Å². The van der Waals surface area contributed by atoms with Crippen LogP contribution in [0, 0.1) is 5.92 Å². The van der Waals surface area contributed by atoms with E-state index < -0.39 is 6.04 Å². The zero-order valence-electron chi connectivity index (χ0n) is 17.1. The maximum Gasteiger partial charge on any atom is 0.254 e. The van der Waals surface area contributed by atoms with Crippen molar-refractivity contribution in [1.82, 2.24) is 14.7 Å². The average molecular weight is 478 g/mol. The van der Waals surface area contributed by atoms with E-state index in [1.165, 1.54) is 0 Å². The molecule has 0 aliphatic carbocycles. The molecule has 1 aromatic carbocycles. The molecule has 0 spiro atoms. The summed E-state index contributed by atoms with van der Waals surface area (Å²) in [6, 6.07) is 6.87. The molecular formula is C22H28BrN3O4. The molecule has 8 heteroatoms. The topological polar surface area (TPSA) is 70.2 Å². The van der Waals surface area contributed by atoms with Crippen LogP contribution >= 0.6 is 15.9 Å². The lowest BCUT2D eigenvalue weighted by Crippen LogP contribution is -2.52. The lowest BCUT2D eigenvalue weighted by atomic mass is 9.94. The zero-order chi connectivity index (χ0) is 21.1. The Hall–Kier alpha value is -1.93. The summed E-state index contributed by atoms with van der Waals surface area (Å²) in [6.07, 6.45) is 2.92. The van der Waals surface area contributed by atoms with Crippen LogP contribution in [0.4, 0.5) is 0 Å². The quantitative estimate of drug-likeness (QED) is 0.668. The summed E-state index contributed by atoms with van der Waals surface area (Å²) >= 11 is 3.39. The molecule has 4 rings (SSSR count). The molecule has 3 heterocycles. The van der Waals surface area contributed by atoms with Crippen molar-refractivity contribution in [3.05, 3.63) is 34.3 Å². The molecule has 0 N–H and O–H groups in total. The highest BCUT2D eigenvalue weighted by atomic mass is 79.9. The average Bonchev–Trinajstić information content (AvgIpc) is 3.29. The largest absolute Gasteiger partial charge is 0.378 e. The number of hydrogen-bond acceptors (Lipinski definition) is 4. The van der Waals surface area contributed by atoms with Crippen molar-refractivity contribution < 1.29 is 19.1 Å². The number of ether oxygens (including phenoxy) is 1. The number of piperidine rings is 1. The van der Waals surface area contributed by atoms with Gasteiger partial charge in [0.25, 0.3) is 5.91 Å². The summed E-state index contributed by atoms with van der Waals surface area (Å²) in [4.78, 5) is 44.3. The molecule has 3 aliphatic rings. The van der Waals surface area contributed by atoms with E-state index in [4.69, 9.17) is 4.74 Å². The van der Waals surface area contributed by atoms with E-state index in [2.05, 4.69) is 15.9 Å². The third-order valence-electron chi connectivity index (χ3n) is 6.37. The van der Waals surface area contributed by atoms with E-state index in [1.807, 2.05) is 21.9 Å². The third-order valence-corrected chi connectivity index (χ3v) is 6.90. The van der Waals surface area contributed by atoms with Gasteiger partial charge in [0.05, 0.1) is 13.2 Å². The van der Waals surface area contributed by atoms with E-state index >= 15 is 0 Å². The van der Waals surface area contributed by atoms with Crippen molar-refractivity contribution in [3.63, 3.8) is 0 Å². The van der Waals surface area contributed by atoms with Gasteiger partial charge in [0.15, 0.2) is 0 Å². The highest BCUT2D eigenvalue weighted by molar-refractivity contribution is 9.10. The molecule has 0 aromatic heterocycles. The van der Waals surface area contributed by atoms with Crippen molar-refractivity contribution in [1.29, 1.82) is 0 Å². The predicted octanol–water partition coefficient (Wildman–Crippen LogP) is 2.15. The Morgan fingerprint density at radius 2 is 1.47 bits per heavy atom. The fourth-order valence-electron chi connectivity index (χ4n) is 4.62. The number of carbonyl (C=O) groups is 3. The molecule has 1 atom stereocenters. The number of rotatable bonds is 3. The normalized spacial score (nSPS) is 23.0. The monoisotopic (exact) mass is 477 g/mol. The second-order valence-electron chi connectivity index (χ2n) is 8.20. The molecule has 1 unspecified atom stereocenters. The summed E-state index contributed by atoms with van der Waals surface area (Å²) in [7, 11) is 0. The van der Waals surface area contributed by atoms with Crippen LogP contribution < -0.4 is 0 Å². The number of morpholine rings is 1. The first-order valence-electron chi connectivity index (χ1n) is 10.8. The Balaban J connectivity index is 1.34. The summed E-state index contributed by atoms with van der Waals surface area (Å²) < 4.78 is 6.25. The van der Waals surface area contributed by atoms with E-state index in [1.54, 1.807) is 17.0 Å². The lowest BCUT2D eigenvalue weighted by molar-refractivity contribution is -0.144. The minimum Gasteiger partial charge on any atom is -0.378 e. The van der Waals surface area contributed by atoms with Crippen molar-refractivity contribution in [2.75, 3.05) is 45.9 Å². The third kappa shape index (κ3) is 4.54. The summed E-state index contributed by atoms with van der Waals surface area (Å²) in [5.41, 5.74) is 0.604. The van der Waals surface area contributed by atoms with Gasteiger partial charge in [0, 0.05) is 48.7 Å². The molecule has 3 amide bonds. The van der Waals surface area contributed by atoms with Gasteiger partial charge in [-0.25, -0.2) is 0 Å². The van der Waals surface area contributed by atoms with Crippen LogP contribution in [-0.4, -0.2) is 84.4 Å². The number of nitrogens with zero attached hydrogens (tertiary/aromatic N) is 3. The van der Waals surface area contributed by atoms with Gasteiger partial charge in [-0.3, -0.25) is 14.4 Å². The molecule has 30 heavy (non-hydrogen) atoms. The molecule has 3 aliphatic heterocycles. The number of amides is 3. The first-order chi connectivity index (χ1) is 14.5. The maximum atomic E-state index is 13.2. The van der Waals surface area contributed by atoms with Crippen LogP contribution in [0.5, 0.6) is 0 Å². The minimum atomic E-state index is -0.396. The lowest BCUT2D eigenvalue weighted by Gasteiger charge is -2.37. The molecule has 0 radical (unpaired) electrons. The Morgan fingerprint density at radius 3 is 2.13 bits per heavy atom. The predicted molar refractivity (Wildman–Crippen MR) is 115 cm³/mol. The standard InChI is InChI=1S/C22H28BrN3O4/c23-18-5-3-16(4-6-18)21(28)26-9-1-2-19(26)22(29)24-10-7-17(8-11-24)20(27)25-12-14-30-15-13-25/h3-6,17,19H,1-2,7-15H2. The van der Waals surface area contributed by atoms with Gasteiger partial charge in [-0.15, -0.1) is 0 Å². The molecule has 0 saturated carbocycles. The van der Waals surface area contributed by atoms with Crippen LogP contribution in [0.25, 0.3) is 0 Å². The van der Waals surface area contributed by atoms with Crippen molar-refractivity contribution in [3.8, 4) is 0 Å². The van der Waals surface area contributed by atoms with Crippen molar-refractivity contribution >= 4 is 33.7 Å². The first kappa shape index (κ1) is 21.3. The van der Waals surface area contributed by atoms with Gasteiger partial charge in [-0.2, -0.15) is 0 Å². The number of likely N-dealkylation sites (tertiary alicyclic amines) is 2. The smallest absolute Gasteiger partial charge is 0.254 e.